The van der Waals surface area contributed by atoms with Crippen molar-refractivity contribution in [2.24, 2.45) is 11.7 Å². The average molecular weight is 267 g/mol. The van der Waals surface area contributed by atoms with E-state index in [1.165, 1.54) is 18.4 Å². The van der Waals surface area contributed by atoms with Crippen LogP contribution in [0.15, 0.2) is 24.3 Å². The van der Waals surface area contributed by atoms with Gasteiger partial charge < -0.3 is 10.5 Å². The molecule has 0 spiro atoms. The Bertz CT molecular complexity index is 337. The number of nitrogens with two attached hydrogens (primary N) is 1. The fourth-order valence-corrected chi connectivity index (χ4v) is 2.01. The van der Waals surface area contributed by atoms with Crippen LogP contribution in [-0.2, 0) is 6.42 Å². The summed E-state index contributed by atoms with van der Waals surface area (Å²) in [5, 5.41) is 0. The second-order valence-corrected chi connectivity index (χ2v) is 5.38. The molecule has 0 aliphatic rings. The van der Waals surface area contributed by atoms with E-state index in [1.807, 2.05) is 12.1 Å². The lowest BCUT2D eigenvalue weighted by Crippen LogP contribution is -2.15. The molecular weight excluding hydrogens is 241 g/mol. The van der Waals surface area contributed by atoms with E-state index >= 15 is 0 Å². The summed E-state index contributed by atoms with van der Waals surface area (Å²) in [6.07, 6.45) is 4.54. The molecule has 2 atom stereocenters. The Morgan fingerprint density at radius 3 is 2.37 bits per heavy atom. The zero-order valence-electron chi connectivity index (χ0n) is 12.1. The highest BCUT2D eigenvalue weighted by Gasteiger charge is 2.05. The van der Waals surface area contributed by atoms with Crippen molar-refractivity contribution in [2.45, 2.75) is 45.6 Å². The monoisotopic (exact) mass is 267 g/mol. The molecule has 0 radical (unpaired) electrons. The van der Waals surface area contributed by atoms with Crippen molar-refractivity contribution in [1.29, 1.82) is 0 Å². The fraction of sp³-hybridized carbons (Fsp3) is 0.625. The topological polar surface area (TPSA) is 35.2 Å². The summed E-state index contributed by atoms with van der Waals surface area (Å²) in [4.78, 5) is 0. The van der Waals surface area contributed by atoms with Crippen molar-refractivity contribution < 1.29 is 9.13 Å². The summed E-state index contributed by atoms with van der Waals surface area (Å²) in [5.41, 5.74) is 7.07. The van der Waals surface area contributed by atoms with Crippen LogP contribution in [0.2, 0.25) is 0 Å². The lowest BCUT2D eigenvalue weighted by atomic mass is 9.95. The molecule has 0 aromatic heterocycles. The average Bonchev–Trinajstić information content (AvgIpc) is 2.41. The molecule has 0 aliphatic heterocycles. The van der Waals surface area contributed by atoms with Gasteiger partial charge >= 0.3 is 0 Å². The van der Waals surface area contributed by atoms with E-state index in [0.717, 1.165) is 18.6 Å². The summed E-state index contributed by atoms with van der Waals surface area (Å²) in [6, 6.07) is 8.25. The number of hydrogen-bond acceptors (Lipinski definition) is 2. The van der Waals surface area contributed by atoms with Gasteiger partial charge in [-0.1, -0.05) is 19.1 Å². The van der Waals surface area contributed by atoms with E-state index in [0.29, 0.717) is 12.0 Å². The van der Waals surface area contributed by atoms with Gasteiger partial charge in [-0.2, -0.15) is 0 Å². The first kappa shape index (κ1) is 16.0. The molecule has 0 saturated heterocycles. The van der Waals surface area contributed by atoms with E-state index in [1.54, 1.807) is 0 Å². The summed E-state index contributed by atoms with van der Waals surface area (Å²) in [7, 11) is 0. The zero-order chi connectivity index (χ0) is 14.1. The van der Waals surface area contributed by atoms with Crippen molar-refractivity contribution in [3.05, 3.63) is 29.8 Å². The quantitative estimate of drug-likeness (QED) is 0.740. The van der Waals surface area contributed by atoms with Gasteiger partial charge in [0.25, 0.3) is 0 Å². The molecule has 0 fully saturated rings. The molecule has 19 heavy (non-hydrogen) atoms. The van der Waals surface area contributed by atoms with Gasteiger partial charge in [0.2, 0.25) is 0 Å². The van der Waals surface area contributed by atoms with Gasteiger partial charge in [0.05, 0.1) is 0 Å². The number of rotatable bonds is 9. The highest BCUT2D eigenvalue weighted by molar-refractivity contribution is 5.27. The summed E-state index contributed by atoms with van der Waals surface area (Å²) < 4.78 is 17.2. The van der Waals surface area contributed by atoms with Gasteiger partial charge in [0.15, 0.2) is 0 Å². The molecule has 1 unspecified atom stereocenters. The standard InChI is InChI=1S/C16H26FNO/c1-13(3-5-14(2)18)4-6-15-7-9-16(10-8-15)19-12-11-17/h7-10,13-14H,3-6,11-12,18H2,1-2H3/t13?,14-/m1/s1. The van der Waals surface area contributed by atoms with Crippen LogP contribution in [0.25, 0.3) is 0 Å². The molecule has 1 aromatic carbocycles. The molecule has 3 heteroatoms. The molecule has 1 rings (SSSR count). The first-order chi connectivity index (χ1) is 9.11. The molecule has 2 nitrogen and oxygen atoms in total. The van der Waals surface area contributed by atoms with Crippen molar-refractivity contribution in [3.8, 4) is 5.75 Å². The third kappa shape index (κ3) is 7.16. The lowest BCUT2D eigenvalue weighted by molar-refractivity contribution is 0.273. The Morgan fingerprint density at radius 2 is 1.79 bits per heavy atom. The number of benzene rings is 1. The molecule has 0 heterocycles. The first-order valence-corrected chi connectivity index (χ1v) is 7.15. The van der Waals surface area contributed by atoms with Gasteiger partial charge in [-0.3, -0.25) is 0 Å². The second-order valence-electron chi connectivity index (χ2n) is 5.38. The van der Waals surface area contributed by atoms with Crippen molar-refractivity contribution >= 4 is 0 Å². The van der Waals surface area contributed by atoms with Crippen molar-refractivity contribution in [3.63, 3.8) is 0 Å². The van der Waals surface area contributed by atoms with Crippen LogP contribution in [0.3, 0.4) is 0 Å². The first-order valence-electron chi connectivity index (χ1n) is 7.15. The third-order valence-electron chi connectivity index (χ3n) is 3.31. The molecule has 108 valence electrons. The fourth-order valence-electron chi connectivity index (χ4n) is 2.01. The van der Waals surface area contributed by atoms with E-state index in [2.05, 4.69) is 26.0 Å². The summed E-state index contributed by atoms with van der Waals surface area (Å²) >= 11 is 0. The van der Waals surface area contributed by atoms with Gasteiger partial charge in [-0.15, -0.1) is 0 Å². The van der Waals surface area contributed by atoms with E-state index in [4.69, 9.17) is 10.5 Å². The normalized spacial score (nSPS) is 14.1. The SMILES string of the molecule is CC(CCc1ccc(OCCF)cc1)CC[C@@H](C)N. The van der Waals surface area contributed by atoms with Crippen LogP contribution in [0.4, 0.5) is 4.39 Å². The molecular formula is C16H26FNO. The van der Waals surface area contributed by atoms with Crippen LogP contribution in [0, 0.1) is 5.92 Å². The largest absolute Gasteiger partial charge is 0.491 e. The Hall–Kier alpha value is -1.09. The molecule has 0 bridgehead atoms. The van der Waals surface area contributed by atoms with E-state index < -0.39 is 6.67 Å². The molecule has 0 aliphatic carbocycles. The Kier molecular flexibility index (Phi) is 7.49. The summed E-state index contributed by atoms with van der Waals surface area (Å²) in [6.45, 7) is 4.02. The minimum atomic E-state index is -0.446. The number of ether oxygens (including phenoxy) is 1. The molecule has 0 saturated carbocycles. The van der Waals surface area contributed by atoms with E-state index in [-0.39, 0.29) is 6.61 Å². The van der Waals surface area contributed by atoms with E-state index in [9.17, 15) is 4.39 Å². The Morgan fingerprint density at radius 1 is 1.11 bits per heavy atom. The minimum Gasteiger partial charge on any atom is -0.491 e. The van der Waals surface area contributed by atoms with Gasteiger partial charge in [-0.05, 0) is 56.2 Å². The number of alkyl halides is 1. The van der Waals surface area contributed by atoms with Crippen LogP contribution < -0.4 is 10.5 Å². The van der Waals surface area contributed by atoms with Gasteiger partial charge in [0, 0.05) is 6.04 Å². The second kappa shape index (κ2) is 8.92. The predicted octanol–water partition coefficient (Wildman–Crippen LogP) is 3.73. The van der Waals surface area contributed by atoms with Crippen LogP contribution in [-0.4, -0.2) is 19.3 Å². The number of hydrogen-bond donors (Lipinski definition) is 1. The minimum absolute atomic E-state index is 0.133. The maximum atomic E-state index is 12.0. The third-order valence-corrected chi connectivity index (χ3v) is 3.31. The van der Waals surface area contributed by atoms with Gasteiger partial charge in [0.1, 0.15) is 19.0 Å². The summed E-state index contributed by atoms with van der Waals surface area (Å²) in [5.74, 6) is 1.44. The van der Waals surface area contributed by atoms with Crippen LogP contribution in [0.5, 0.6) is 5.75 Å². The Balaban J connectivity index is 2.29. The Labute approximate surface area is 116 Å². The predicted molar refractivity (Wildman–Crippen MR) is 78.3 cm³/mol. The van der Waals surface area contributed by atoms with Crippen molar-refractivity contribution in [1.82, 2.24) is 0 Å². The maximum absolute atomic E-state index is 12.0. The molecule has 0 amide bonds. The zero-order valence-corrected chi connectivity index (χ0v) is 12.1. The smallest absolute Gasteiger partial charge is 0.123 e. The number of halogens is 1. The van der Waals surface area contributed by atoms with Crippen LogP contribution >= 0.6 is 0 Å². The maximum Gasteiger partial charge on any atom is 0.123 e. The molecule has 2 N–H and O–H groups in total. The van der Waals surface area contributed by atoms with Crippen LogP contribution in [0.1, 0.15) is 38.7 Å². The highest BCUT2D eigenvalue weighted by atomic mass is 19.1. The van der Waals surface area contributed by atoms with Gasteiger partial charge in [-0.25, -0.2) is 4.39 Å². The highest BCUT2D eigenvalue weighted by Crippen LogP contribution is 2.17. The van der Waals surface area contributed by atoms with Crippen molar-refractivity contribution in [2.75, 3.05) is 13.3 Å². The lowest BCUT2D eigenvalue weighted by Gasteiger charge is -2.13. The molecule has 1 aromatic rings. The number of aryl methyl sites for hydroxylation is 1.